The molecule has 0 radical (unpaired) electrons. The Morgan fingerprint density at radius 1 is 1.09 bits per heavy atom. The fourth-order valence-electron chi connectivity index (χ4n) is 4.37. The first-order valence-electron chi connectivity index (χ1n) is 11.5. The van der Waals surface area contributed by atoms with E-state index in [4.69, 9.17) is 0 Å². The van der Waals surface area contributed by atoms with E-state index in [1.54, 1.807) is 42.8 Å². The van der Waals surface area contributed by atoms with Gasteiger partial charge in [-0.25, -0.2) is 17.5 Å². The summed E-state index contributed by atoms with van der Waals surface area (Å²) in [7, 11) is -3.66. The summed E-state index contributed by atoms with van der Waals surface area (Å²) in [6.07, 6.45) is 3.46. The number of fused-ring (bicyclic) bond motifs is 1. The van der Waals surface area contributed by atoms with Crippen molar-refractivity contribution in [1.29, 1.82) is 0 Å². The highest BCUT2D eigenvalue weighted by Gasteiger charge is 2.27. The Morgan fingerprint density at radius 2 is 1.76 bits per heavy atom. The molecule has 0 aliphatic heterocycles. The third-order valence-corrected chi connectivity index (χ3v) is 8.31. The van der Waals surface area contributed by atoms with Gasteiger partial charge >= 0.3 is 0 Å². The Labute approximate surface area is 199 Å². The summed E-state index contributed by atoms with van der Waals surface area (Å²) in [6, 6.07) is 10.8. The molecule has 1 amide bonds. The Kier molecular flexibility index (Phi) is 6.86. The van der Waals surface area contributed by atoms with E-state index in [2.05, 4.69) is 10.4 Å². The van der Waals surface area contributed by atoms with Gasteiger partial charge in [0.1, 0.15) is 5.82 Å². The number of nitrogens with one attached hydrogen (secondary N) is 1. The highest BCUT2D eigenvalue weighted by molar-refractivity contribution is 7.89. The van der Waals surface area contributed by atoms with Gasteiger partial charge in [0.15, 0.2) is 5.69 Å². The highest BCUT2D eigenvalue weighted by atomic mass is 32.2. The zero-order valence-electron chi connectivity index (χ0n) is 19.6. The summed E-state index contributed by atoms with van der Waals surface area (Å²) in [6.45, 7) is 6.12. The molecule has 180 valence electrons. The molecule has 0 bridgehead atoms. The Morgan fingerprint density at radius 3 is 2.44 bits per heavy atom. The molecule has 0 unspecified atom stereocenters. The average molecular weight is 485 g/mol. The second kappa shape index (κ2) is 9.68. The van der Waals surface area contributed by atoms with Crippen LogP contribution in [0.25, 0.3) is 5.69 Å². The van der Waals surface area contributed by atoms with Crippen LogP contribution in [0.4, 0.5) is 10.1 Å². The lowest BCUT2D eigenvalue weighted by Crippen LogP contribution is -2.30. The fourth-order valence-corrected chi connectivity index (χ4v) is 5.85. The van der Waals surface area contributed by atoms with Crippen LogP contribution in [-0.2, 0) is 22.9 Å². The smallest absolute Gasteiger partial charge is 0.276 e. The van der Waals surface area contributed by atoms with Crippen LogP contribution in [0.1, 0.15) is 54.0 Å². The van der Waals surface area contributed by atoms with Crippen molar-refractivity contribution >= 4 is 21.6 Å². The van der Waals surface area contributed by atoms with Gasteiger partial charge < -0.3 is 5.32 Å². The number of aryl methyl sites for hydroxylation is 1. The largest absolute Gasteiger partial charge is 0.320 e. The lowest BCUT2D eigenvalue weighted by atomic mass is 9.95. The minimum atomic E-state index is -3.66. The normalized spacial score (nSPS) is 13.7. The molecule has 0 fully saturated rings. The van der Waals surface area contributed by atoms with Gasteiger partial charge in [-0.1, -0.05) is 19.9 Å². The molecule has 1 aliphatic carbocycles. The predicted octanol–water partition coefficient (Wildman–Crippen LogP) is 4.48. The summed E-state index contributed by atoms with van der Waals surface area (Å²) in [4.78, 5) is 13.5. The van der Waals surface area contributed by atoms with E-state index in [-0.39, 0.29) is 16.6 Å². The zero-order valence-corrected chi connectivity index (χ0v) is 20.5. The number of carbonyl (C=O) groups excluding carboxylic acids is 1. The molecule has 1 N–H and O–H groups in total. The van der Waals surface area contributed by atoms with E-state index >= 15 is 0 Å². The lowest BCUT2D eigenvalue weighted by Gasteiger charge is -2.19. The van der Waals surface area contributed by atoms with Gasteiger partial charge in [0.25, 0.3) is 5.91 Å². The Hall–Kier alpha value is -3.04. The number of anilines is 1. The van der Waals surface area contributed by atoms with Crippen LogP contribution in [0.5, 0.6) is 0 Å². The minimum absolute atomic E-state index is 0.135. The molecule has 3 aromatic rings. The third-order valence-electron chi connectivity index (χ3n) is 6.27. The van der Waals surface area contributed by atoms with E-state index in [1.165, 1.54) is 22.5 Å². The van der Waals surface area contributed by atoms with Crippen molar-refractivity contribution in [3.05, 3.63) is 70.8 Å². The summed E-state index contributed by atoms with van der Waals surface area (Å²) in [5.41, 5.74) is 4.03. The molecule has 34 heavy (non-hydrogen) atoms. The number of rotatable bonds is 7. The van der Waals surface area contributed by atoms with Crippen LogP contribution >= 0.6 is 0 Å². The number of carbonyl (C=O) groups is 1. The first-order chi connectivity index (χ1) is 16.3. The molecule has 1 aliphatic rings. The van der Waals surface area contributed by atoms with Crippen molar-refractivity contribution in [1.82, 2.24) is 14.1 Å². The molecule has 9 heteroatoms. The third kappa shape index (κ3) is 4.50. The number of hydrogen-bond donors (Lipinski definition) is 1. The average Bonchev–Trinajstić information content (AvgIpc) is 3.21. The van der Waals surface area contributed by atoms with Crippen molar-refractivity contribution in [3.8, 4) is 5.69 Å². The van der Waals surface area contributed by atoms with E-state index in [0.717, 1.165) is 42.5 Å². The van der Waals surface area contributed by atoms with Crippen LogP contribution in [0.2, 0.25) is 0 Å². The number of hydrogen-bond acceptors (Lipinski definition) is 4. The van der Waals surface area contributed by atoms with Gasteiger partial charge in [-0.3, -0.25) is 4.79 Å². The van der Waals surface area contributed by atoms with Crippen LogP contribution in [0, 0.1) is 12.7 Å². The standard InChI is InChI=1S/C25H29FN4O3S/c1-4-29(5-2)34(32,33)20-15-10-17(3)22(16-20)27-25(31)24-21-8-6-7-9-23(21)30(28-24)19-13-11-18(26)12-14-19/h10-16H,4-9H2,1-3H3,(H,27,31). The molecule has 7 nitrogen and oxygen atoms in total. The molecular formula is C25H29FN4O3S. The Bertz CT molecular complexity index is 1310. The molecule has 2 aromatic carbocycles. The SMILES string of the molecule is CCN(CC)S(=O)(=O)c1ccc(C)c(NC(=O)c2nn(-c3ccc(F)cc3)c3c2CCCC3)c1. The molecule has 0 saturated carbocycles. The van der Waals surface area contributed by atoms with Gasteiger partial charge in [-0.15, -0.1) is 0 Å². The van der Waals surface area contributed by atoms with Crippen LogP contribution < -0.4 is 5.32 Å². The number of nitrogens with zero attached hydrogens (tertiary/aromatic N) is 3. The van der Waals surface area contributed by atoms with Gasteiger partial charge in [-0.05, 0) is 74.6 Å². The van der Waals surface area contributed by atoms with E-state index in [0.29, 0.717) is 30.2 Å². The van der Waals surface area contributed by atoms with Crippen LogP contribution in [0.15, 0.2) is 47.4 Å². The first-order valence-corrected chi connectivity index (χ1v) is 13.0. The van der Waals surface area contributed by atoms with Gasteiger partial charge in [0.2, 0.25) is 10.0 Å². The van der Waals surface area contributed by atoms with Crippen molar-refractivity contribution in [3.63, 3.8) is 0 Å². The summed E-state index contributed by atoms with van der Waals surface area (Å²) >= 11 is 0. The molecule has 0 atom stereocenters. The van der Waals surface area contributed by atoms with E-state index in [1.807, 2.05) is 6.92 Å². The Balaban J connectivity index is 1.69. The topological polar surface area (TPSA) is 84.3 Å². The second-order valence-corrected chi connectivity index (χ2v) is 10.3. The number of aromatic nitrogens is 2. The first kappa shape index (κ1) is 24.1. The summed E-state index contributed by atoms with van der Waals surface area (Å²) in [5, 5.41) is 7.48. The molecule has 1 heterocycles. The molecule has 4 rings (SSSR count). The molecule has 1 aromatic heterocycles. The second-order valence-electron chi connectivity index (χ2n) is 8.39. The highest BCUT2D eigenvalue weighted by Crippen LogP contribution is 2.29. The zero-order chi connectivity index (χ0) is 24.5. The summed E-state index contributed by atoms with van der Waals surface area (Å²) in [5.74, 6) is -0.725. The van der Waals surface area contributed by atoms with Gasteiger partial charge in [-0.2, -0.15) is 9.40 Å². The maximum atomic E-state index is 13.4. The maximum absolute atomic E-state index is 13.4. The van der Waals surface area contributed by atoms with E-state index < -0.39 is 10.0 Å². The number of benzene rings is 2. The predicted molar refractivity (Wildman–Crippen MR) is 129 cm³/mol. The summed E-state index contributed by atoms with van der Waals surface area (Å²) < 4.78 is 42.4. The number of halogens is 1. The number of sulfonamides is 1. The van der Waals surface area contributed by atoms with Crippen molar-refractivity contribution in [2.75, 3.05) is 18.4 Å². The van der Waals surface area contributed by atoms with Crippen molar-refractivity contribution in [2.24, 2.45) is 0 Å². The van der Waals surface area contributed by atoms with Gasteiger partial charge in [0.05, 0.1) is 10.6 Å². The van der Waals surface area contributed by atoms with Crippen LogP contribution in [-0.4, -0.2) is 41.5 Å². The quantitative estimate of drug-likeness (QED) is 0.536. The van der Waals surface area contributed by atoms with Crippen LogP contribution in [0.3, 0.4) is 0 Å². The maximum Gasteiger partial charge on any atom is 0.276 e. The molecule has 0 saturated heterocycles. The number of amides is 1. The lowest BCUT2D eigenvalue weighted by molar-refractivity contribution is 0.102. The molecule has 0 spiro atoms. The van der Waals surface area contributed by atoms with Gasteiger partial charge in [0, 0.05) is 30.0 Å². The van der Waals surface area contributed by atoms with E-state index in [9.17, 15) is 17.6 Å². The molecular weight excluding hydrogens is 455 g/mol. The van der Waals surface area contributed by atoms with Crippen molar-refractivity contribution in [2.45, 2.75) is 51.3 Å². The minimum Gasteiger partial charge on any atom is -0.320 e. The fraction of sp³-hybridized carbons (Fsp3) is 0.360. The monoisotopic (exact) mass is 484 g/mol. The van der Waals surface area contributed by atoms with Crippen molar-refractivity contribution < 1.29 is 17.6 Å².